The van der Waals surface area contributed by atoms with Crippen LogP contribution in [0.5, 0.6) is 0 Å². The van der Waals surface area contributed by atoms with Gasteiger partial charge < -0.3 is 0 Å². The van der Waals surface area contributed by atoms with Crippen LogP contribution in [0.25, 0.3) is 0 Å². The Kier molecular flexibility index (Phi) is 12.4. The van der Waals surface area contributed by atoms with E-state index in [1.54, 1.807) is 30.4 Å². The molecule has 0 saturated heterocycles. The summed E-state index contributed by atoms with van der Waals surface area (Å²) >= 11 is 0. The Hall–Kier alpha value is -3.96. The Morgan fingerprint density at radius 2 is 0.718 bits per heavy atom. The van der Waals surface area contributed by atoms with Crippen molar-refractivity contribution in [2.24, 2.45) is 0 Å². The molecule has 0 radical (unpaired) electrons. The van der Waals surface area contributed by atoms with Crippen molar-refractivity contribution in [1.82, 2.24) is 27.4 Å². The fourth-order valence-electron chi connectivity index (χ4n) is 4.16. The van der Waals surface area contributed by atoms with Gasteiger partial charge in [-0.3, -0.25) is 0 Å². The van der Waals surface area contributed by atoms with Crippen molar-refractivity contribution in [3.8, 4) is 0 Å². The fraction of sp³-hybridized carbons (Fsp3) is 0.556. The van der Waals surface area contributed by atoms with Gasteiger partial charge in [-0.15, -0.1) is 6.58 Å². The Morgan fingerprint density at radius 3 is 0.974 bits per heavy atom. The van der Waals surface area contributed by atoms with Crippen LogP contribution >= 0.6 is 0 Å². The van der Waals surface area contributed by atoms with Gasteiger partial charge in [0, 0.05) is 39.3 Å². The largest absolute Gasteiger partial charge is 0.336 e. The van der Waals surface area contributed by atoms with Crippen molar-refractivity contribution in [3.05, 3.63) is 99.9 Å². The number of allylic oxidation sites excluding steroid dienone is 5. The molecule has 2 rings (SSSR count). The fourth-order valence-corrected chi connectivity index (χ4v) is 4.16. The lowest BCUT2D eigenvalue weighted by atomic mass is 10.3. The molecule has 0 fully saturated rings. The molecule has 0 saturated carbocycles. The minimum atomic E-state index is -0.633. The Bertz CT molecular complexity index is 1500. The molecular formula is C27H40N6O6. The van der Waals surface area contributed by atoms with Gasteiger partial charge in [0.05, 0.1) is 0 Å². The molecule has 2 aromatic rings. The highest BCUT2D eigenvalue weighted by molar-refractivity contribution is 5.02. The van der Waals surface area contributed by atoms with Crippen LogP contribution in [0.4, 0.5) is 0 Å². The van der Waals surface area contributed by atoms with Crippen LogP contribution < -0.4 is 34.1 Å². The standard InChI is InChI=1S/C27H40N6O6/c1-5-9-19-31-23(35)30(18-8-4)26(38)33(27(31)39)21-15-13-11-10-12-14-20-32-24(36)28(16-6-2)22(34)29(17-7-3)25(32)37/h5,10-13H,1,6-9,14-21H2,2-4H3/b12-10+,13-11+. The van der Waals surface area contributed by atoms with E-state index in [1.165, 1.54) is 0 Å². The molecule has 0 amide bonds. The van der Waals surface area contributed by atoms with Gasteiger partial charge in [-0.25, -0.2) is 56.2 Å². The van der Waals surface area contributed by atoms with Crippen LogP contribution in [-0.2, 0) is 39.3 Å². The number of hydrogen-bond acceptors (Lipinski definition) is 6. The predicted octanol–water partition coefficient (Wildman–Crippen LogP) is 1.06. The third-order valence-electron chi connectivity index (χ3n) is 6.09. The van der Waals surface area contributed by atoms with Gasteiger partial charge in [0.25, 0.3) is 0 Å². The molecule has 39 heavy (non-hydrogen) atoms. The minimum absolute atomic E-state index is 0.116. The van der Waals surface area contributed by atoms with Gasteiger partial charge >= 0.3 is 34.1 Å². The second-order valence-corrected chi connectivity index (χ2v) is 9.12. The number of nitrogens with zero attached hydrogens (tertiary/aromatic N) is 6. The van der Waals surface area contributed by atoms with E-state index in [4.69, 9.17) is 0 Å². The van der Waals surface area contributed by atoms with E-state index in [0.717, 1.165) is 27.4 Å². The van der Waals surface area contributed by atoms with Crippen LogP contribution in [0.3, 0.4) is 0 Å². The smallest absolute Gasteiger partial charge is 0.247 e. The summed E-state index contributed by atoms with van der Waals surface area (Å²) in [5, 5.41) is 0. The zero-order valence-corrected chi connectivity index (χ0v) is 23.2. The average Bonchev–Trinajstić information content (AvgIpc) is 2.91. The Balaban J connectivity index is 2.12. The summed E-state index contributed by atoms with van der Waals surface area (Å²) in [7, 11) is 0. The summed E-state index contributed by atoms with van der Waals surface area (Å²) in [6.45, 7) is 10.3. The lowest BCUT2D eigenvalue weighted by Crippen LogP contribution is -2.54. The van der Waals surface area contributed by atoms with Crippen molar-refractivity contribution < 1.29 is 0 Å². The maximum Gasteiger partial charge on any atom is 0.336 e. The van der Waals surface area contributed by atoms with E-state index < -0.39 is 34.1 Å². The first kappa shape index (κ1) is 31.3. The highest BCUT2D eigenvalue weighted by Crippen LogP contribution is 1.92. The average molecular weight is 545 g/mol. The van der Waals surface area contributed by atoms with Gasteiger partial charge in [0.15, 0.2) is 0 Å². The molecule has 0 N–H and O–H groups in total. The van der Waals surface area contributed by atoms with Gasteiger partial charge in [0.1, 0.15) is 0 Å². The van der Waals surface area contributed by atoms with Crippen molar-refractivity contribution >= 4 is 0 Å². The zero-order chi connectivity index (χ0) is 28.9. The van der Waals surface area contributed by atoms with Gasteiger partial charge in [-0.1, -0.05) is 51.2 Å². The quantitative estimate of drug-likeness (QED) is 0.229. The number of rotatable bonds is 16. The lowest BCUT2D eigenvalue weighted by Gasteiger charge is -2.12. The Morgan fingerprint density at radius 1 is 0.462 bits per heavy atom. The summed E-state index contributed by atoms with van der Waals surface area (Å²) in [6, 6.07) is 0. The monoisotopic (exact) mass is 544 g/mol. The molecule has 0 aliphatic rings. The van der Waals surface area contributed by atoms with Gasteiger partial charge in [0.2, 0.25) is 0 Å². The Labute approximate surface area is 226 Å². The molecule has 0 aromatic carbocycles. The van der Waals surface area contributed by atoms with Crippen molar-refractivity contribution in [1.29, 1.82) is 0 Å². The molecule has 214 valence electrons. The van der Waals surface area contributed by atoms with Gasteiger partial charge in [-0.05, 0) is 38.5 Å². The lowest BCUT2D eigenvalue weighted by molar-refractivity contribution is 0.441. The summed E-state index contributed by atoms with van der Waals surface area (Å²) in [4.78, 5) is 76.1. The summed E-state index contributed by atoms with van der Waals surface area (Å²) in [5.41, 5.74) is -3.62. The highest BCUT2D eigenvalue weighted by atomic mass is 16.2. The third kappa shape index (κ3) is 7.55. The summed E-state index contributed by atoms with van der Waals surface area (Å²) in [5.74, 6) is 0. The molecule has 12 heteroatoms. The molecule has 2 heterocycles. The van der Waals surface area contributed by atoms with Crippen molar-refractivity contribution in [2.45, 2.75) is 98.6 Å². The normalized spacial score (nSPS) is 11.7. The number of aromatic nitrogens is 6. The summed E-state index contributed by atoms with van der Waals surface area (Å²) < 4.78 is 6.55. The van der Waals surface area contributed by atoms with Crippen LogP contribution in [0, 0.1) is 0 Å². The van der Waals surface area contributed by atoms with E-state index in [9.17, 15) is 28.8 Å². The molecule has 2 aromatic heterocycles. The molecular weight excluding hydrogens is 504 g/mol. The SMILES string of the molecule is C=CCCn1c(=O)n(CCC)c(=O)n(CC/C=C/C=C/CCn2c(=O)n(CCC)c(=O)n(CCC)c2=O)c1=O. The van der Waals surface area contributed by atoms with Crippen LogP contribution in [0.2, 0.25) is 0 Å². The molecule has 0 aliphatic heterocycles. The topological polar surface area (TPSA) is 132 Å². The van der Waals surface area contributed by atoms with Crippen molar-refractivity contribution in [3.63, 3.8) is 0 Å². The molecule has 0 aliphatic carbocycles. The van der Waals surface area contributed by atoms with E-state index in [1.807, 2.05) is 20.8 Å². The van der Waals surface area contributed by atoms with E-state index in [2.05, 4.69) is 6.58 Å². The van der Waals surface area contributed by atoms with E-state index in [-0.39, 0.29) is 39.3 Å². The maximum atomic E-state index is 12.8. The maximum absolute atomic E-state index is 12.8. The highest BCUT2D eigenvalue weighted by Gasteiger charge is 2.15. The zero-order valence-electron chi connectivity index (χ0n) is 23.2. The van der Waals surface area contributed by atoms with E-state index in [0.29, 0.717) is 38.5 Å². The van der Waals surface area contributed by atoms with Gasteiger partial charge in [-0.2, -0.15) is 0 Å². The second-order valence-electron chi connectivity index (χ2n) is 9.12. The predicted molar refractivity (Wildman–Crippen MR) is 152 cm³/mol. The molecule has 12 nitrogen and oxygen atoms in total. The minimum Gasteiger partial charge on any atom is -0.247 e. The number of hydrogen-bond donors (Lipinski definition) is 0. The van der Waals surface area contributed by atoms with Crippen LogP contribution in [0.1, 0.15) is 59.3 Å². The summed E-state index contributed by atoms with van der Waals surface area (Å²) in [6.07, 6.45) is 11.7. The first-order valence-corrected chi connectivity index (χ1v) is 13.6. The van der Waals surface area contributed by atoms with Crippen molar-refractivity contribution in [2.75, 3.05) is 0 Å². The first-order chi connectivity index (χ1) is 18.7. The van der Waals surface area contributed by atoms with Crippen LogP contribution in [-0.4, -0.2) is 27.4 Å². The second kappa shape index (κ2) is 15.5. The first-order valence-electron chi connectivity index (χ1n) is 13.6. The molecule has 0 bridgehead atoms. The molecule has 0 unspecified atom stereocenters. The van der Waals surface area contributed by atoms with Crippen LogP contribution in [0.15, 0.2) is 65.7 Å². The van der Waals surface area contributed by atoms with E-state index >= 15 is 0 Å². The molecule has 0 spiro atoms. The molecule has 0 atom stereocenters. The third-order valence-corrected chi connectivity index (χ3v) is 6.09.